The molecule has 1 aliphatic heterocycles. The van der Waals surface area contributed by atoms with Crippen molar-refractivity contribution >= 4 is 33.1 Å². The first-order chi connectivity index (χ1) is 9.81. The number of rotatable bonds is 3. The van der Waals surface area contributed by atoms with Crippen LogP contribution in [-0.4, -0.2) is 36.4 Å². The maximum atomic E-state index is 12.1. The minimum atomic E-state index is -3.42. The molecule has 0 aliphatic carbocycles. The Balaban J connectivity index is 2.18. The maximum absolute atomic E-state index is 12.1. The number of nitrogens with one attached hydrogen (secondary N) is 1. The average molecular weight is 312 g/mol. The molecule has 1 aliphatic rings. The molecule has 0 spiro atoms. The molecule has 0 aromatic heterocycles. The highest BCUT2D eigenvalue weighted by atomic mass is 32.2. The van der Waals surface area contributed by atoms with Gasteiger partial charge in [0.15, 0.2) is 9.84 Å². The Morgan fingerprint density at radius 3 is 2.57 bits per heavy atom. The number of carboxylic acid groups (broad SMARTS) is 1. The molecule has 1 aromatic rings. The summed E-state index contributed by atoms with van der Waals surface area (Å²) in [4.78, 5) is 22.9. The number of hydrogen-bond donors (Lipinski definition) is 3. The molecule has 8 heteroatoms. The molecule has 0 bridgehead atoms. The van der Waals surface area contributed by atoms with Crippen molar-refractivity contribution in [3.8, 4) is 0 Å². The van der Waals surface area contributed by atoms with Crippen LogP contribution in [0.15, 0.2) is 18.2 Å². The van der Waals surface area contributed by atoms with Crippen molar-refractivity contribution in [2.75, 3.05) is 16.8 Å². The third-order valence-corrected chi connectivity index (χ3v) is 5.60. The van der Waals surface area contributed by atoms with Crippen molar-refractivity contribution in [3.05, 3.63) is 23.8 Å². The zero-order chi connectivity index (χ0) is 15.6. The van der Waals surface area contributed by atoms with Crippen LogP contribution in [0.5, 0.6) is 0 Å². The second kappa shape index (κ2) is 5.72. The van der Waals surface area contributed by atoms with Gasteiger partial charge < -0.3 is 16.2 Å². The molecule has 1 fully saturated rings. The molecule has 2 rings (SSSR count). The van der Waals surface area contributed by atoms with Gasteiger partial charge in [-0.1, -0.05) is 6.42 Å². The summed E-state index contributed by atoms with van der Waals surface area (Å²) in [5.74, 6) is -1.74. The molecule has 4 N–H and O–H groups in total. The van der Waals surface area contributed by atoms with Crippen LogP contribution < -0.4 is 11.1 Å². The van der Waals surface area contributed by atoms with E-state index in [4.69, 9.17) is 10.8 Å². The van der Waals surface area contributed by atoms with E-state index in [-0.39, 0.29) is 22.7 Å². The van der Waals surface area contributed by atoms with Gasteiger partial charge in [-0.05, 0) is 31.0 Å². The lowest BCUT2D eigenvalue weighted by molar-refractivity contribution is -0.116. The number of nitrogen functional groups attached to an aromatic ring is 1. The van der Waals surface area contributed by atoms with E-state index in [0.717, 1.165) is 0 Å². The second-order valence-electron chi connectivity index (χ2n) is 4.95. The van der Waals surface area contributed by atoms with E-state index in [2.05, 4.69) is 5.32 Å². The second-order valence-corrected chi connectivity index (χ2v) is 7.25. The monoisotopic (exact) mass is 312 g/mol. The number of hydrogen-bond acceptors (Lipinski definition) is 5. The Hall–Kier alpha value is -2.09. The molecule has 1 atom stereocenters. The van der Waals surface area contributed by atoms with Gasteiger partial charge in [0.2, 0.25) is 5.91 Å². The summed E-state index contributed by atoms with van der Waals surface area (Å²) < 4.78 is 23.7. The van der Waals surface area contributed by atoms with Crippen LogP contribution in [0.25, 0.3) is 0 Å². The van der Waals surface area contributed by atoms with E-state index < -0.39 is 27.0 Å². The first kappa shape index (κ1) is 15.3. The van der Waals surface area contributed by atoms with Crippen LogP contribution in [0.3, 0.4) is 0 Å². The number of carboxylic acids is 1. The summed E-state index contributed by atoms with van der Waals surface area (Å²) in [5, 5.41) is 10.2. The summed E-state index contributed by atoms with van der Waals surface area (Å²) in [7, 11) is -3.42. The van der Waals surface area contributed by atoms with E-state index in [1.807, 2.05) is 0 Å². The number of aromatic carboxylic acids is 1. The summed E-state index contributed by atoms with van der Waals surface area (Å²) in [5.41, 5.74) is 5.97. The fourth-order valence-corrected chi connectivity index (χ4v) is 4.07. The van der Waals surface area contributed by atoms with Gasteiger partial charge in [0.25, 0.3) is 0 Å². The standard InChI is InChI=1S/C13H16N2O5S/c14-9-7-8(13(17)18)4-5-10(9)15-12(16)11-3-1-2-6-21(11,19)20/h4-5,7,11H,1-3,6,14H2,(H,15,16)(H,17,18). The normalized spacial score (nSPS) is 20.7. The number of nitrogens with two attached hydrogens (primary N) is 1. The molecular formula is C13H16N2O5S. The molecule has 1 saturated heterocycles. The predicted molar refractivity (Wildman–Crippen MR) is 77.9 cm³/mol. The molecule has 1 aromatic carbocycles. The van der Waals surface area contributed by atoms with E-state index in [0.29, 0.717) is 19.3 Å². The topological polar surface area (TPSA) is 127 Å². The predicted octanol–water partition coefficient (Wildman–Crippen LogP) is 0.873. The third-order valence-electron chi connectivity index (χ3n) is 3.43. The number of carbonyl (C=O) groups is 2. The molecule has 114 valence electrons. The van der Waals surface area contributed by atoms with Gasteiger partial charge >= 0.3 is 5.97 Å². The fourth-order valence-electron chi connectivity index (χ4n) is 2.27. The SMILES string of the molecule is Nc1cc(C(=O)O)ccc1NC(=O)C1CCCCS1(=O)=O. The van der Waals surface area contributed by atoms with Crippen molar-refractivity contribution in [2.45, 2.75) is 24.5 Å². The highest BCUT2D eigenvalue weighted by molar-refractivity contribution is 7.92. The van der Waals surface area contributed by atoms with E-state index in [1.165, 1.54) is 18.2 Å². The van der Waals surface area contributed by atoms with Gasteiger partial charge in [0.05, 0.1) is 22.7 Å². The Labute approximate surface area is 122 Å². The quantitative estimate of drug-likeness (QED) is 0.711. The maximum Gasteiger partial charge on any atom is 0.335 e. The zero-order valence-corrected chi connectivity index (χ0v) is 12.0. The Morgan fingerprint density at radius 2 is 2.00 bits per heavy atom. The summed E-state index contributed by atoms with van der Waals surface area (Å²) >= 11 is 0. The Kier molecular flexibility index (Phi) is 4.17. The van der Waals surface area contributed by atoms with Crippen molar-refractivity contribution in [1.29, 1.82) is 0 Å². The Morgan fingerprint density at radius 1 is 1.29 bits per heavy atom. The first-order valence-electron chi connectivity index (χ1n) is 6.46. The van der Waals surface area contributed by atoms with Gasteiger partial charge in [0.1, 0.15) is 5.25 Å². The van der Waals surface area contributed by atoms with Crippen LogP contribution in [0.2, 0.25) is 0 Å². The zero-order valence-electron chi connectivity index (χ0n) is 11.2. The molecule has 1 unspecified atom stereocenters. The van der Waals surface area contributed by atoms with E-state index in [9.17, 15) is 18.0 Å². The average Bonchev–Trinajstić information content (AvgIpc) is 2.40. The lowest BCUT2D eigenvalue weighted by atomic mass is 10.1. The number of carbonyl (C=O) groups excluding carboxylic acids is 1. The highest BCUT2D eigenvalue weighted by Gasteiger charge is 2.35. The van der Waals surface area contributed by atoms with Crippen molar-refractivity contribution in [1.82, 2.24) is 0 Å². The van der Waals surface area contributed by atoms with E-state index >= 15 is 0 Å². The lowest BCUT2D eigenvalue weighted by Gasteiger charge is -2.21. The van der Waals surface area contributed by atoms with Gasteiger partial charge in [-0.3, -0.25) is 4.79 Å². The molecule has 0 saturated carbocycles. The molecule has 7 nitrogen and oxygen atoms in total. The highest BCUT2D eigenvalue weighted by Crippen LogP contribution is 2.24. The van der Waals surface area contributed by atoms with Crippen molar-refractivity contribution in [3.63, 3.8) is 0 Å². The van der Waals surface area contributed by atoms with Crippen LogP contribution in [0, 0.1) is 0 Å². The van der Waals surface area contributed by atoms with Gasteiger partial charge in [-0.25, -0.2) is 13.2 Å². The third kappa shape index (κ3) is 3.33. The summed E-state index contributed by atoms with van der Waals surface area (Å²) in [6, 6.07) is 3.86. The lowest BCUT2D eigenvalue weighted by Crippen LogP contribution is -2.39. The van der Waals surface area contributed by atoms with Gasteiger partial charge in [0, 0.05) is 0 Å². The minimum absolute atomic E-state index is 0.00390. The van der Waals surface area contributed by atoms with E-state index in [1.54, 1.807) is 0 Å². The number of amides is 1. The van der Waals surface area contributed by atoms with Gasteiger partial charge in [-0.15, -0.1) is 0 Å². The fraction of sp³-hybridized carbons (Fsp3) is 0.385. The first-order valence-corrected chi connectivity index (χ1v) is 8.18. The minimum Gasteiger partial charge on any atom is -0.478 e. The Bertz CT molecular complexity index is 684. The van der Waals surface area contributed by atoms with Crippen LogP contribution in [-0.2, 0) is 14.6 Å². The number of sulfone groups is 1. The summed E-state index contributed by atoms with van der Waals surface area (Å²) in [6.07, 6.45) is 1.55. The molecule has 0 radical (unpaired) electrons. The van der Waals surface area contributed by atoms with Crippen LogP contribution in [0.1, 0.15) is 29.6 Å². The molecule has 1 amide bonds. The largest absolute Gasteiger partial charge is 0.478 e. The molecular weight excluding hydrogens is 296 g/mol. The number of benzene rings is 1. The van der Waals surface area contributed by atoms with Crippen molar-refractivity contribution in [2.24, 2.45) is 0 Å². The van der Waals surface area contributed by atoms with Crippen LogP contribution in [0.4, 0.5) is 11.4 Å². The molecule has 21 heavy (non-hydrogen) atoms. The van der Waals surface area contributed by atoms with Crippen molar-refractivity contribution < 1.29 is 23.1 Å². The number of anilines is 2. The van der Waals surface area contributed by atoms with Gasteiger partial charge in [-0.2, -0.15) is 0 Å². The smallest absolute Gasteiger partial charge is 0.335 e. The van der Waals surface area contributed by atoms with Crippen LogP contribution >= 0.6 is 0 Å². The molecule has 1 heterocycles. The summed E-state index contributed by atoms with van der Waals surface area (Å²) in [6.45, 7) is 0.